The average Bonchev–Trinajstić information content (AvgIpc) is 3.18. The Labute approximate surface area is 211 Å². The molecule has 0 amide bonds. The summed E-state index contributed by atoms with van der Waals surface area (Å²) in [6, 6.07) is 15.6. The molecule has 1 aliphatic heterocycles. The van der Waals surface area contributed by atoms with Crippen molar-refractivity contribution in [2.75, 3.05) is 24.6 Å². The summed E-state index contributed by atoms with van der Waals surface area (Å²) in [6.07, 6.45) is 4.60. The van der Waals surface area contributed by atoms with Crippen LogP contribution in [-0.2, 0) is 13.0 Å². The number of aliphatic hydroxyl groups is 1. The lowest BCUT2D eigenvalue weighted by Crippen LogP contribution is -2.45. The Morgan fingerprint density at radius 2 is 2.03 bits per heavy atom. The van der Waals surface area contributed by atoms with Crippen molar-refractivity contribution in [1.82, 2.24) is 9.97 Å². The monoisotopic (exact) mass is 482 g/mol. The smallest absolute Gasteiger partial charge is 0.159 e. The number of ketones is 1. The standard InChI is InChI=1S/C29H30N4O3/c1-20(35)21-7-4-9-24(16-21)36-15-5-8-23-18-31-28(26(19-34)32-23)33-13-11-29(12-14-33)17-22-6-2-3-10-25(22)27(29)30/h2-4,6-7,9-10,16,18,27,34H,11-15,17,19,30H2,1H3/t27-/m1/s1. The molecule has 7 nitrogen and oxygen atoms in total. The van der Waals surface area contributed by atoms with E-state index in [1.807, 2.05) is 0 Å². The highest BCUT2D eigenvalue weighted by Crippen LogP contribution is 2.50. The van der Waals surface area contributed by atoms with Gasteiger partial charge >= 0.3 is 0 Å². The second kappa shape index (κ2) is 10.1. The van der Waals surface area contributed by atoms with Crippen molar-refractivity contribution in [3.05, 3.63) is 82.8 Å². The summed E-state index contributed by atoms with van der Waals surface area (Å²) < 4.78 is 5.63. The summed E-state index contributed by atoms with van der Waals surface area (Å²) in [4.78, 5) is 22.8. The molecule has 36 heavy (non-hydrogen) atoms. The lowest BCUT2D eigenvalue weighted by atomic mass is 9.73. The Kier molecular flexibility index (Phi) is 6.73. The summed E-state index contributed by atoms with van der Waals surface area (Å²) in [5.74, 6) is 7.16. The van der Waals surface area contributed by atoms with Gasteiger partial charge in [-0.3, -0.25) is 4.79 Å². The first-order chi connectivity index (χ1) is 17.5. The van der Waals surface area contributed by atoms with Gasteiger partial charge in [-0.25, -0.2) is 9.97 Å². The zero-order valence-electron chi connectivity index (χ0n) is 20.4. The largest absolute Gasteiger partial charge is 0.481 e. The highest BCUT2D eigenvalue weighted by molar-refractivity contribution is 5.94. The predicted molar refractivity (Wildman–Crippen MR) is 138 cm³/mol. The maximum Gasteiger partial charge on any atom is 0.159 e. The first-order valence-corrected chi connectivity index (χ1v) is 12.3. The molecule has 2 heterocycles. The van der Waals surface area contributed by atoms with Crippen molar-refractivity contribution >= 4 is 11.6 Å². The van der Waals surface area contributed by atoms with E-state index in [4.69, 9.17) is 10.5 Å². The number of nitrogens with zero attached hydrogens (tertiary/aromatic N) is 3. The Bertz CT molecular complexity index is 1340. The van der Waals surface area contributed by atoms with E-state index in [0.717, 1.165) is 32.4 Å². The normalized spacial score (nSPS) is 17.9. The van der Waals surface area contributed by atoms with Crippen LogP contribution in [-0.4, -0.2) is 40.6 Å². The second-order valence-electron chi connectivity index (χ2n) is 9.56. The van der Waals surface area contributed by atoms with E-state index in [2.05, 4.69) is 51.0 Å². The number of piperidine rings is 1. The predicted octanol–water partition coefficient (Wildman–Crippen LogP) is 3.44. The molecule has 1 spiro atoms. The molecule has 7 heteroatoms. The van der Waals surface area contributed by atoms with Crippen LogP contribution in [0, 0.1) is 17.3 Å². The molecule has 0 radical (unpaired) electrons. The number of benzene rings is 2. The van der Waals surface area contributed by atoms with E-state index < -0.39 is 0 Å². The van der Waals surface area contributed by atoms with Crippen LogP contribution in [0.4, 0.5) is 5.82 Å². The second-order valence-corrected chi connectivity index (χ2v) is 9.56. The SMILES string of the molecule is CC(=O)c1cccc(OCC#Cc2cnc(N3CCC4(CC3)Cc3ccccc3[C@H]4N)c(CO)n2)c1. The summed E-state index contributed by atoms with van der Waals surface area (Å²) in [7, 11) is 0. The number of hydrogen-bond donors (Lipinski definition) is 2. The number of carbonyl (C=O) groups is 1. The molecule has 3 aromatic rings. The molecule has 2 aliphatic rings. The molecule has 1 atom stereocenters. The number of ether oxygens (including phenoxy) is 1. The van der Waals surface area contributed by atoms with Crippen molar-refractivity contribution < 1.29 is 14.6 Å². The third kappa shape index (κ3) is 4.70. The van der Waals surface area contributed by atoms with Gasteiger partial charge in [0.2, 0.25) is 0 Å². The molecule has 0 unspecified atom stereocenters. The summed E-state index contributed by atoms with van der Waals surface area (Å²) in [5, 5.41) is 9.98. The van der Waals surface area contributed by atoms with Crippen molar-refractivity contribution in [3.8, 4) is 17.6 Å². The summed E-state index contributed by atoms with van der Waals surface area (Å²) >= 11 is 0. The number of aliphatic hydroxyl groups excluding tert-OH is 1. The fourth-order valence-corrected chi connectivity index (χ4v) is 5.37. The molecule has 0 saturated carbocycles. The van der Waals surface area contributed by atoms with Crippen LogP contribution in [0.2, 0.25) is 0 Å². The van der Waals surface area contributed by atoms with Gasteiger partial charge in [0, 0.05) is 24.7 Å². The van der Waals surface area contributed by atoms with Crippen molar-refractivity contribution in [2.24, 2.45) is 11.1 Å². The fraction of sp³-hybridized carbons (Fsp3) is 0.345. The van der Waals surface area contributed by atoms with Gasteiger partial charge in [0.15, 0.2) is 11.6 Å². The van der Waals surface area contributed by atoms with E-state index >= 15 is 0 Å². The van der Waals surface area contributed by atoms with E-state index in [1.165, 1.54) is 18.1 Å². The topological polar surface area (TPSA) is 102 Å². The summed E-state index contributed by atoms with van der Waals surface area (Å²) in [5.41, 5.74) is 11.0. The minimum Gasteiger partial charge on any atom is -0.481 e. The van der Waals surface area contributed by atoms with Gasteiger partial charge in [-0.15, -0.1) is 0 Å². The lowest BCUT2D eigenvalue weighted by Gasteiger charge is -2.42. The maximum absolute atomic E-state index is 11.5. The Morgan fingerprint density at radius 1 is 1.22 bits per heavy atom. The third-order valence-corrected chi connectivity index (χ3v) is 7.39. The van der Waals surface area contributed by atoms with Gasteiger partial charge in [-0.1, -0.05) is 42.3 Å². The first-order valence-electron chi connectivity index (χ1n) is 12.3. The van der Waals surface area contributed by atoms with Crippen molar-refractivity contribution in [3.63, 3.8) is 0 Å². The minimum absolute atomic E-state index is 0.0153. The highest BCUT2D eigenvalue weighted by atomic mass is 16.5. The molecule has 1 aliphatic carbocycles. The van der Waals surface area contributed by atoms with Crippen LogP contribution in [0.1, 0.15) is 58.7 Å². The minimum atomic E-state index is -0.210. The van der Waals surface area contributed by atoms with Gasteiger partial charge in [0.25, 0.3) is 0 Å². The summed E-state index contributed by atoms with van der Waals surface area (Å²) in [6.45, 7) is 3.10. The molecule has 2 aromatic carbocycles. The van der Waals surface area contributed by atoms with Crippen molar-refractivity contribution in [1.29, 1.82) is 0 Å². The van der Waals surface area contributed by atoms with E-state index in [9.17, 15) is 9.90 Å². The highest BCUT2D eigenvalue weighted by Gasteiger charge is 2.46. The van der Waals surface area contributed by atoms with Crippen LogP contribution in [0.3, 0.4) is 0 Å². The first kappa shape index (κ1) is 24.0. The fourth-order valence-electron chi connectivity index (χ4n) is 5.37. The van der Waals surface area contributed by atoms with Crippen LogP contribution in [0.5, 0.6) is 5.75 Å². The van der Waals surface area contributed by atoms with Gasteiger partial charge < -0.3 is 20.5 Å². The molecular weight excluding hydrogens is 452 g/mol. The van der Waals surface area contributed by atoms with E-state index in [-0.39, 0.29) is 30.5 Å². The zero-order chi connectivity index (χ0) is 25.1. The number of rotatable bonds is 5. The van der Waals surface area contributed by atoms with Crippen LogP contribution >= 0.6 is 0 Å². The van der Waals surface area contributed by atoms with E-state index in [0.29, 0.717) is 28.5 Å². The molecule has 1 aromatic heterocycles. The molecule has 184 valence electrons. The maximum atomic E-state index is 11.5. The van der Waals surface area contributed by atoms with Gasteiger partial charge in [0.1, 0.15) is 23.7 Å². The van der Waals surface area contributed by atoms with Crippen LogP contribution < -0.4 is 15.4 Å². The number of Topliss-reactive ketones (excluding diaryl/α,β-unsaturated/α-hetero) is 1. The molecule has 1 fully saturated rings. The Morgan fingerprint density at radius 3 is 2.78 bits per heavy atom. The van der Waals surface area contributed by atoms with Crippen LogP contribution in [0.25, 0.3) is 0 Å². The van der Waals surface area contributed by atoms with Gasteiger partial charge in [-0.05, 0) is 60.8 Å². The number of anilines is 1. The molecule has 1 saturated heterocycles. The molecular formula is C29H30N4O3. The quantitative estimate of drug-likeness (QED) is 0.424. The third-order valence-electron chi connectivity index (χ3n) is 7.39. The van der Waals surface area contributed by atoms with Crippen LogP contribution in [0.15, 0.2) is 54.7 Å². The number of aromatic nitrogens is 2. The number of carbonyl (C=O) groups excluding carboxylic acids is 1. The number of nitrogens with two attached hydrogens (primary N) is 1. The van der Waals surface area contributed by atoms with Crippen molar-refractivity contribution in [2.45, 2.75) is 38.8 Å². The Balaban J connectivity index is 1.22. The number of fused-ring (bicyclic) bond motifs is 1. The van der Waals surface area contributed by atoms with Gasteiger partial charge in [0.05, 0.1) is 12.8 Å². The molecule has 0 bridgehead atoms. The van der Waals surface area contributed by atoms with E-state index in [1.54, 1.807) is 30.5 Å². The molecule has 3 N–H and O–H groups in total. The van der Waals surface area contributed by atoms with Gasteiger partial charge in [-0.2, -0.15) is 0 Å². The Hall–Kier alpha value is -3.73. The molecule has 5 rings (SSSR count). The lowest BCUT2D eigenvalue weighted by molar-refractivity contribution is 0.101. The number of hydrogen-bond acceptors (Lipinski definition) is 7. The average molecular weight is 483 g/mol. The zero-order valence-corrected chi connectivity index (χ0v) is 20.4.